The van der Waals surface area contributed by atoms with Crippen molar-refractivity contribution in [3.63, 3.8) is 0 Å². The van der Waals surface area contributed by atoms with Gasteiger partial charge >= 0.3 is 0 Å². The van der Waals surface area contributed by atoms with Crippen molar-refractivity contribution in [2.24, 2.45) is 0 Å². The Labute approximate surface area is 312 Å². The summed E-state index contributed by atoms with van der Waals surface area (Å²) in [5, 5.41) is 4.91. The van der Waals surface area contributed by atoms with E-state index in [1.165, 1.54) is 64.3 Å². The van der Waals surface area contributed by atoms with Crippen molar-refractivity contribution in [1.82, 2.24) is 15.0 Å². The summed E-state index contributed by atoms with van der Waals surface area (Å²) in [7, 11) is 0. The van der Waals surface area contributed by atoms with E-state index in [1.54, 1.807) is 0 Å². The highest BCUT2D eigenvalue weighted by molar-refractivity contribution is 7.26. The molecule has 0 saturated carbocycles. The number of allylic oxidation sites excluding steroid dienone is 4. The molecule has 1 aliphatic rings. The lowest BCUT2D eigenvalue weighted by atomic mass is 9.94. The summed E-state index contributed by atoms with van der Waals surface area (Å²) in [5.74, 6) is 2.09. The lowest BCUT2D eigenvalue weighted by Crippen LogP contribution is -2.03. The number of thiophene rings is 1. The van der Waals surface area contributed by atoms with Crippen LogP contribution in [0.5, 0.6) is 0 Å². The van der Waals surface area contributed by atoms with Gasteiger partial charge in [0, 0.05) is 36.9 Å². The quantitative estimate of drug-likeness (QED) is 0.174. The van der Waals surface area contributed by atoms with E-state index in [1.807, 2.05) is 29.5 Å². The first-order valence-corrected chi connectivity index (χ1v) is 18.9. The van der Waals surface area contributed by atoms with Crippen molar-refractivity contribution in [2.75, 3.05) is 0 Å². The number of aromatic nitrogens is 3. The summed E-state index contributed by atoms with van der Waals surface area (Å²) >= 11 is 1.81. The third-order valence-corrected chi connectivity index (χ3v) is 11.3. The average Bonchev–Trinajstić information content (AvgIpc) is 3.62. The maximum Gasteiger partial charge on any atom is 0.164 e. The second-order valence-corrected chi connectivity index (χ2v) is 14.6. The van der Waals surface area contributed by atoms with Gasteiger partial charge in [-0.2, -0.15) is 0 Å². The van der Waals surface area contributed by atoms with Gasteiger partial charge in [-0.15, -0.1) is 11.3 Å². The van der Waals surface area contributed by atoms with Gasteiger partial charge in [-0.25, -0.2) is 15.0 Å². The van der Waals surface area contributed by atoms with Crippen LogP contribution in [-0.2, 0) is 0 Å². The number of nitrogens with zero attached hydrogens (tertiary/aromatic N) is 3. The van der Waals surface area contributed by atoms with Crippen LogP contribution in [0.1, 0.15) is 18.7 Å². The fourth-order valence-corrected chi connectivity index (χ4v) is 8.65. The minimum absolute atomic E-state index is 0.684. The Hall–Kier alpha value is -6.49. The molecule has 9 aromatic rings. The van der Waals surface area contributed by atoms with E-state index < -0.39 is 0 Å². The summed E-state index contributed by atoms with van der Waals surface area (Å²) < 4.78 is 2.46. The Morgan fingerprint density at radius 2 is 1.06 bits per heavy atom. The molecule has 0 bridgehead atoms. The molecule has 250 valence electrons. The Kier molecular flexibility index (Phi) is 7.81. The molecule has 0 unspecified atom stereocenters. The van der Waals surface area contributed by atoms with Gasteiger partial charge in [-0.05, 0) is 87.3 Å². The lowest BCUT2D eigenvalue weighted by Gasteiger charge is -2.12. The van der Waals surface area contributed by atoms with E-state index in [-0.39, 0.29) is 0 Å². The van der Waals surface area contributed by atoms with Crippen LogP contribution in [0.25, 0.3) is 92.7 Å². The minimum atomic E-state index is 0.684. The first-order valence-electron chi connectivity index (χ1n) is 18.1. The first-order chi connectivity index (χ1) is 26.2. The van der Waals surface area contributed by atoms with Crippen LogP contribution in [0.2, 0.25) is 0 Å². The number of benzene rings is 7. The van der Waals surface area contributed by atoms with E-state index in [9.17, 15) is 0 Å². The maximum atomic E-state index is 5.12. The van der Waals surface area contributed by atoms with E-state index >= 15 is 0 Å². The van der Waals surface area contributed by atoms with Crippen molar-refractivity contribution >= 4 is 47.9 Å². The van der Waals surface area contributed by atoms with Crippen LogP contribution in [0.3, 0.4) is 0 Å². The molecule has 0 atom stereocenters. The van der Waals surface area contributed by atoms with Crippen LogP contribution in [0.15, 0.2) is 176 Å². The third-order valence-electron chi connectivity index (χ3n) is 10.1. The zero-order chi connectivity index (χ0) is 35.1. The SMILES string of the molecule is C1=CC(c2nc(-c3ccccc3)nc(-c3cccc4sc5ccc(-c6cccc(-c7cccc(-c8cccc9ccccc89)c7)c6)cc5c34)n2)=CCC1. The van der Waals surface area contributed by atoms with E-state index in [0.29, 0.717) is 17.5 Å². The van der Waals surface area contributed by atoms with Crippen LogP contribution < -0.4 is 0 Å². The molecule has 3 nitrogen and oxygen atoms in total. The van der Waals surface area contributed by atoms with Crippen molar-refractivity contribution in [3.8, 4) is 56.2 Å². The van der Waals surface area contributed by atoms with Gasteiger partial charge in [0.15, 0.2) is 17.5 Å². The summed E-state index contributed by atoms with van der Waals surface area (Å²) in [6.07, 6.45) is 8.59. The van der Waals surface area contributed by atoms with E-state index in [4.69, 9.17) is 15.0 Å². The molecule has 0 amide bonds. The lowest BCUT2D eigenvalue weighted by molar-refractivity contribution is 1.01. The average molecular weight is 696 g/mol. The predicted octanol–water partition coefficient (Wildman–Crippen LogP) is 13.5. The molecule has 0 saturated heterocycles. The van der Waals surface area contributed by atoms with Gasteiger partial charge in [-0.3, -0.25) is 0 Å². The molecule has 10 rings (SSSR count). The molecule has 2 heterocycles. The van der Waals surface area contributed by atoms with Gasteiger partial charge in [0.25, 0.3) is 0 Å². The van der Waals surface area contributed by atoms with Gasteiger partial charge in [-0.1, -0.05) is 146 Å². The van der Waals surface area contributed by atoms with Crippen LogP contribution in [-0.4, -0.2) is 15.0 Å². The summed E-state index contributed by atoms with van der Waals surface area (Å²) in [4.78, 5) is 15.2. The molecule has 0 N–H and O–H groups in total. The van der Waals surface area contributed by atoms with Crippen LogP contribution >= 0.6 is 11.3 Å². The van der Waals surface area contributed by atoms with Crippen molar-refractivity contribution in [2.45, 2.75) is 12.8 Å². The van der Waals surface area contributed by atoms with Crippen molar-refractivity contribution in [3.05, 3.63) is 182 Å². The molecular weight excluding hydrogens is 663 g/mol. The fraction of sp³-hybridized carbons (Fsp3) is 0.0408. The molecule has 53 heavy (non-hydrogen) atoms. The Morgan fingerprint density at radius 3 is 1.89 bits per heavy atom. The van der Waals surface area contributed by atoms with Gasteiger partial charge in [0.05, 0.1) is 0 Å². The van der Waals surface area contributed by atoms with Gasteiger partial charge in [0.1, 0.15) is 0 Å². The molecule has 0 aliphatic heterocycles. The molecule has 2 aromatic heterocycles. The Balaban J connectivity index is 1.08. The van der Waals surface area contributed by atoms with Crippen LogP contribution in [0, 0.1) is 0 Å². The molecule has 0 fully saturated rings. The van der Waals surface area contributed by atoms with Crippen LogP contribution in [0.4, 0.5) is 0 Å². The molecule has 0 radical (unpaired) electrons. The minimum Gasteiger partial charge on any atom is -0.208 e. The zero-order valence-electron chi connectivity index (χ0n) is 28.9. The second-order valence-electron chi connectivity index (χ2n) is 13.5. The number of hydrogen-bond donors (Lipinski definition) is 0. The normalized spacial score (nSPS) is 12.8. The summed E-state index contributed by atoms with van der Waals surface area (Å²) in [5.41, 5.74) is 10.3. The monoisotopic (exact) mass is 695 g/mol. The largest absolute Gasteiger partial charge is 0.208 e. The second kappa shape index (κ2) is 13.2. The van der Waals surface area contributed by atoms with E-state index in [0.717, 1.165) is 29.5 Å². The number of hydrogen-bond acceptors (Lipinski definition) is 4. The topological polar surface area (TPSA) is 38.7 Å². The number of rotatable bonds is 6. The highest BCUT2D eigenvalue weighted by Gasteiger charge is 2.18. The first kappa shape index (κ1) is 31.3. The molecule has 1 aliphatic carbocycles. The molecule has 7 aromatic carbocycles. The summed E-state index contributed by atoms with van der Waals surface area (Å²) in [6, 6.07) is 56.5. The molecule has 4 heteroatoms. The smallest absolute Gasteiger partial charge is 0.164 e. The van der Waals surface area contributed by atoms with Gasteiger partial charge in [0.2, 0.25) is 0 Å². The van der Waals surface area contributed by atoms with Gasteiger partial charge < -0.3 is 0 Å². The van der Waals surface area contributed by atoms with Crippen molar-refractivity contribution in [1.29, 1.82) is 0 Å². The standard InChI is InChI=1S/C49H33N3S/c1-3-14-33(15-4-1)47-50-48(34-16-5-2-6-17-34)52-49(51-47)42-25-12-26-45-46(42)43-31-38(27-28-44(43)53-45)36-20-9-19-35(29-36)37-21-10-22-39(30-37)41-24-11-18-32-13-7-8-23-40(32)41/h1,3-5,7-31H,2,6H2. The Morgan fingerprint density at radius 1 is 0.415 bits per heavy atom. The zero-order valence-corrected chi connectivity index (χ0v) is 29.7. The maximum absolute atomic E-state index is 5.12. The third kappa shape index (κ3) is 5.84. The summed E-state index contributed by atoms with van der Waals surface area (Å²) in [6.45, 7) is 0. The predicted molar refractivity (Wildman–Crippen MR) is 224 cm³/mol. The molecular formula is C49H33N3S. The number of fused-ring (bicyclic) bond motifs is 4. The van der Waals surface area contributed by atoms with E-state index in [2.05, 4.69) is 158 Å². The molecule has 0 spiro atoms. The highest BCUT2D eigenvalue weighted by Crippen LogP contribution is 2.42. The highest BCUT2D eigenvalue weighted by atomic mass is 32.1. The van der Waals surface area contributed by atoms with Crippen molar-refractivity contribution < 1.29 is 0 Å². The fourth-order valence-electron chi connectivity index (χ4n) is 7.54. The Bertz CT molecular complexity index is 2890.